The number of aromatic nitrogens is 6. The van der Waals surface area contributed by atoms with E-state index >= 15 is 4.39 Å². The van der Waals surface area contributed by atoms with Gasteiger partial charge >= 0.3 is 5.69 Å². The molecule has 2 atom stereocenters. The zero-order chi connectivity index (χ0) is 28.8. The summed E-state index contributed by atoms with van der Waals surface area (Å²) in [5.74, 6) is -1.41. The Hall–Kier alpha value is -3.65. The van der Waals surface area contributed by atoms with Crippen LogP contribution in [-0.4, -0.2) is 76.1 Å². The molecule has 4 heterocycles. The Morgan fingerprint density at radius 3 is 2.70 bits per heavy atom. The molecule has 0 aliphatic carbocycles. The number of hydrogen-bond acceptors (Lipinski definition) is 10. The molecule has 0 bridgehead atoms. The van der Waals surface area contributed by atoms with Gasteiger partial charge in [-0.3, -0.25) is 4.90 Å². The van der Waals surface area contributed by atoms with E-state index in [2.05, 4.69) is 49.8 Å². The summed E-state index contributed by atoms with van der Waals surface area (Å²) in [5.41, 5.74) is -1.71. The van der Waals surface area contributed by atoms with Crippen molar-refractivity contribution in [2.45, 2.75) is 76.6 Å². The maximum Gasteiger partial charge on any atom is 0.368 e. The monoisotopic (exact) mass is 559 g/mol. The molecule has 0 saturated carbocycles. The molecule has 2 aliphatic heterocycles. The Bertz CT molecular complexity index is 1460. The zero-order valence-corrected chi connectivity index (χ0v) is 23.3. The lowest BCUT2D eigenvalue weighted by atomic mass is 9.84. The van der Waals surface area contributed by atoms with Gasteiger partial charge in [-0.25, -0.2) is 18.6 Å². The van der Waals surface area contributed by atoms with Crippen LogP contribution in [0.4, 0.5) is 26.2 Å². The van der Waals surface area contributed by atoms with Crippen LogP contribution in [0.1, 0.15) is 53.4 Å². The maximum absolute atomic E-state index is 15.3. The Morgan fingerprint density at radius 1 is 1.23 bits per heavy atom. The molecule has 14 heteroatoms. The molecule has 2 unspecified atom stereocenters. The average Bonchev–Trinajstić information content (AvgIpc) is 3.49. The molecule has 3 N–H and O–H groups in total. The highest BCUT2D eigenvalue weighted by molar-refractivity contribution is 5.63. The van der Waals surface area contributed by atoms with Crippen molar-refractivity contribution in [1.29, 1.82) is 0 Å². The fourth-order valence-electron chi connectivity index (χ4n) is 5.64. The Kier molecular flexibility index (Phi) is 7.25. The first kappa shape index (κ1) is 27.9. The minimum atomic E-state index is -1.08. The van der Waals surface area contributed by atoms with Gasteiger partial charge in [-0.05, 0) is 76.4 Å². The van der Waals surface area contributed by atoms with Crippen LogP contribution >= 0.6 is 0 Å². The van der Waals surface area contributed by atoms with Crippen molar-refractivity contribution in [1.82, 2.24) is 34.7 Å². The highest BCUT2D eigenvalue weighted by Crippen LogP contribution is 2.39. The summed E-state index contributed by atoms with van der Waals surface area (Å²) in [5, 5.41) is 23.2. The van der Waals surface area contributed by atoms with Gasteiger partial charge in [-0.15, -0.1) is 0 Å². The van der Waals surface area contributed by atoms with Crippen molar-refractivity contribution in [2.75, 3.05) is 23.8 Å². The van der Waals surface area contributed by atoms with Crippen LogP contribution in [0.25, 0.3) is 5.69 Å². The van der Waals surface area contributed by atoms with Crippen LogP contribution in [0.2, 0.25) is 0 Å². The maximum atomic E-state index is 15.3. The van der Waals surface area contributed by atoms with Gasteiger partial charge in [0.15, 0.2) is 17.5 Å². The molecule has 2 aromatic heterocycles. The number of aliphatic hydroxyl groups is 1. The molecule has 3 aromatic rings. The number of hydrogen-bond donors (Lipinski definition) is 3. The van der Waals surface area contributed by atoms with Gasteiger partial charge < -0.3 is 20.5 Å². The molecule has 2 fully saturated rings. The number of anilines is 3. The lowest BCUT2D eigenvalue weighted by molar-refractivity contribution is 0.0408. The Balaban J connectivity index is 1.43. The fourth-order valence-corrected chi connectivity index (χ4v) is 5.64. The summed E-state index contributed by atoms with van der Waals surface area (Å²) in [4.78, 5) is 23.4. The second-order valence-electron chi connectivity index (χ2n) is 11.7. The van der Waals surface area contributed by atoms with Crippen molar-refractivity contribution >= 4 is 17.5 Å². The zero-order valence-electron chi connectivity index (χ0n) is 23.3. The lowest BCUT2D eigenvalue weighted by Gasteiger charge is -2.47. The quantitative estimate of drug-likeness (QED) is 0.378. The van der Waals surface area contributed by atoms with E-state index in [0.29, 0.717) is 6.04 Å². The molecule has 1 aromatic carbocycles. The number of benzene rings is 1. The van der Waals surface area contributed by atoms with Crippen molar-refractivity contribution < 1.29 is 18.6 Å². The first-order valence-corrected chi connectivity index (χ1v) is 13.3. The van der Waals surface area contributed by atoms with Gasteiger partial charge in [0.25, 0.3) is 0 Å². The standard InChI is InChI=1S/C26H35F2N9O3/c1-25(2)12-15(9-16-7-6-8-36(16)25)30-22-18(28)13-29-23(32-22)31-19-11-20(37-24(39)35(5)33-34-37)21(10-17(19)27)40-26(3,4)14-38/h10-11,13,15-16,38H,6-9,12,14H2,1-5H3,(H2,29,30,31,32). The summed E-state index contributed by atoms with van der Waals surface area (Å²) < 4.78 is 37.8. The van der Waals surface area contributed by atoms with Crippen LogP contribution in [0.15, 0.2) is 23.1 Å². The van der Waals surface area contributed by atoms with Crippen molar-refractivity contribution in [3.05, 3.63) is 40.4 Å². The molecule has 0 amide bonds. The van der Waals surface area contributed by atoms with Crippen LogP contribution < -0.4 is 21.1 Å². The van der Waals surface area contributed by atoms with Gasteiger partial charge in [-0.1, -0.05) is 0 Å². The average molecular weight is 560 g/mol. The first-order chi connectivity index (χ1) is 18.9. The van der Waals surface area contributed by atoms with E-state index in [1.165, 1.54) is 13.1 Å². The predicted molar refractivity (Wildman–Crippen MR) is 144 cm³/mol. The molecule has 0 radical (unpaired) electrons. The van der Waals surface area contributed by atoms with Crippen LogP contribution in [-0.2, 0) is 7.05 Å². The summed E-state index contributed by atoms with van der Waals surface area (Å²) in [6.45, 7) is 8.35. The second kappa shape index (κ2) is 10.4. The van der Waals surface area contributed by atoms with Crippen LogP contribution in [0.3, 0.4) is 0 Å². The highest BCUT2D eigenvalue weighted by atomic mass is 19.1. The van der Waals surface area contributed by atoms with Gasteiger partial charge in [0.1, 0.15) is 17.0 Å². The molecular formula is C26H35F2N9O3. The van der Waals surface area contributed by atoms with Gasteiger partial charge in [0, 0.05) is 30.7 Å². The van der Waals surface area contributed by atoms with E-state index in [1.807, 2.05) is 0 Å². The first-order valence-electron chi connectivity index (χ1n) is 13.3. The third kappa shape index (κ3) is 5.50. The Labute approximate surface area is 230 Å². The second-order valence-corrected chi connectivity index (χ2v) is 11.7. The van der Waals surface area contributed by atoms with E-state index in [0.717, 1.165) is 53.9 Å². The summed E-state index contributed by atoms with van der Waals surface area (Å²) in [6.07, 6.45) is 5.01. The minimum absolute atomic E-state index is 0.0183. The van der Waals surface area contributed by atoms with E-state index < -0.39 is 22.9 Å². The van der Waals surface area contributed by atoms with E-state index in [4.69, 9.17) is 4.74 Å². The highest BCUT2D eigenvalue weighted by Gasteiger charge is 2.43. The summed E-state index contributed by atoms with van der Waals surface area (Å²) >= 11 is 0. The lowest BCUT2D eigenvalue weighted by Crippen LogP contribution is -2.55. The molecule has 216 valence electrons. The number of piperidine rings is 1. The molecule has 5 rings (SSSR count). The number of aryl methyl sites for hydroxylation is 1. The summed E-state index contributed by atoms with van der Waals surface area (Å²) in [7, 11) is 1.42. The van der Waals surface area contributed by atoms with Gasteiger partial charge in [0.2, 0.25) is 5.95 Å². The largest absolute Gasteiger partial charge is 0.483 e. The van der Waals surface area contributed by atoms with E-state index in [-0.39, 0.29) is 47.1 Å². The van der Waals surface area contributed by atoms with E-state index in [9.17, 15) is 14.3 Å². The number of fused-ring (bicyclic) bond motifs is 1. The van der Waals surface area contributed by atoms with Crippen LogP contribution in [0, 0.1) is 11.6 Å². The van der Waals surface area contributed by atoms with Crippen molar-refractivity contribution in [3.63, 3.8) is 0 Å². The summed E-state index contributed by atoms with van der Waals surface area (Å²) in [6, 6.07) is 2.82. The Morgan fingerprint density at radius 2 is 2.00 bits per heavy atom. The van der Waals surface area contributed by atoms with Crippen molar-refractivity contribution in [3.8, 4) is 11.4 Å². The molecule has 2 saturated heterocycles. The van der Waals surface area contributed by atoms with Gasteiger partial charge in [0.05, 0.1) is 18.5 Å². The number of nitrogens with one attached hydrogen (secondary N) is 2. The normalized spacial score (nSPS) is 20.8. The number of aliphatic hydroxyl groups excluding tert-OH is 1. The molecule has 40 heavy (non-hydrogen) atoms. The SMILES string of the molecule is Cn1nnn(-c2cc(Nc3ncc(F)c(NC4CC5CCCN5C(C)(C)C4)n3)c(F)cc2OC(C)(C)CO)c1=O. The number of nitrogens with zero attached hydrogens (tertiary/aromatic N) is 7. The number of rotatable bonds is 8. The van der Waals surface area contributed by atoms with Crippen molar-refractivity contribution in [2.24, 2.45) is 7.05 Å². The molecule has 12 nitrogen and oxygen atoms in total. The van der Waals surface area contributed by atoms with Gasteiger partial charge in [-0.2, -0.15) is 14.3 Å². The molecule has 2 aliphatic rings. The minimum Gasteiger partial charge on any atom is -0.483 e. The third-order valence-electron chi connectivity index (χ3n) is 7.55. The number of ether oxygens (including phenoxy) is 1. The predicted octanol–water partition coefficient (Wildman–Crippen LogP) is 2.74. The van der Waals surface area contributed by atoms with E-state index in [1.54, 1.807) is 13.8 Å². The topological polar surface area (TPSA) is 135 Å². The molecular weight excluding hydrogens is 524 g/mol. The fraction of sp³-hybridized carbons (Fsp3) is 0.577. The third-order valence-corrected chi connectivity index (χ3v) is 7.55. The number of tetrazole rings is 1. The molecule has 0 spiro atoms. The number of halogens is 2. The van der Waals surface area contributed by atoms with Crippen LogP contribution in [0.5, 0.6) is 5.75 Å². The smallest absolute Gasteiger partial charge is 0.368 e.